The Kier molecular flexibility index (Phi) is 15.6. The Morgan fingerprint density at radius 3 is 1.91 bits per heavy atom. The number of ether oxygens (including phenoxy) is 4. The highest BCUT2D eigenvalue weighted by Crippen LogP contribution is 2.35. The summed E-state index contributed by atoms with van der Waals surface area (Å²) in [6.45, 7) is 23.2. The summed E-state index contributed by atoms with van der Waals surface area (Å²) in [6.07, 6.45) is -2.09. The molecule has 0 aliphatic heterocycles. The van der Waals surface area contributed by atoms with Crippen LogP contribution < -0.4 is 9.04 Å². The van der Waals surface area contributed by atoms with Crippen LogP contribution in [0.15, 0.2) is 36.4 Å². The number of benzene rings is 2. The molecule has 0 spiro atoms. The molecule has 58 heavy (non-hydrogen) atoms. The van der Waals surface area contributed by atoms with Crippen molar-refractivity contribution in [3.63, 3.8) is 0 Å². The number of hydrogen-bond acceptors (Lipinski definition) is 11. The predicted molar refractivity (Wildman–Crippen MR) is 225 cm³/mol. The van der Waals surface area contributed by atoms with Crippen molar-refractivity contribution in [1.82, 2.24) is 14.7 Å². The number of nitrogens with zero attached hydrogens (tertiary/aromatic N) is 4. The van der Waals surface area contributed by atoms with Gasteiger partial charge in [-0.2, -0.15) is 14.1 Å². The topological polar surface area (TPSA) is 156 Å². The Hall–Kier alpha value is -4.22. The van der Waals surface area contributed by atoms with E-state index in [1.165, 1.54) is 21.7 Å². The molecule has 3 rings (SSSR count). The van der Waals surface area contributed by atoms with Gasteiger partial charge in [-0.1, -0.05) is 33.8 Å². The average molecular weight is 851 g/mol. The van der Waals surface area contributed by atoms with E-state index in [-0.39, 0.29) is 19.7 Å². The molecular formula is C41H63FN4O10SSi. The molecule has 0 fully saturated rings. The fraction of sp³-hybridized carbons (Fsp3) is 0.610. The van der Waals surface area contributed by atoms with E-state index in [0.717, 1.165) is 41.5 Å². The number of aryl methyl sites for hydroxylation is 1. The van der Waals surface area contributed by atoms with E-state index < -0.39 is 71.0 Å². The number of rotatable bonds is 15. The van der Waals surface area contributed by atoms with Gasteiger partial charge in [0.25, 0.3) is 0 Å². The third kappa shape index (κ3) is 13.1. The lowest BCUT2D eigenvalue weighted by Gasteiger charge is -2.37. The molecular weight excluding hydrogens is 788 g/mol. The second kappa shape index (κ2) is 18.8. The lowest BCUT2D eigenvalue weighted by Crippen LogP contribution is -2.45. The molecule has 1 aromatic heterocycles. The average Bonchev–Trinajstić information content (AvgIpc) is 3.46. The molecule has 0 N–H and O–H groups in total. The van der Waals surface area contributed by atoms with Crippen LogP contribution in [0.2, 0.25) is 18.1 Å². The van der Waals surface area contributed by atoms with E-state index in [0.29, 0.717) is 27.6 Å². The SMILES string of the molecule is CCc1nn(C(=O)OC(C)(C)C)c2cc(OCCN(C[C@H](O[Si](CC)(CC)CC)c3ccc(F)c(N(C(=O)OC(C)(C)C)S(C)(=O)=O)c3)C(=O)OC(C)(C)C)ccc12. The molecule has 1 atom stereocenters. The fourth-order valence-electron chi connectivity index (χ4n) is 6.13. The van der Waals surface area contributed by atoms with Gasteiger partial charge >= 0.3 is 18.3 Å². The van der Waals surface area contributed by atoms with Gasteiger partial charge in [0.1, 0.15) is 35.0 Å². The van der Waals surface area contributed by atoms with Crippen LogP contribution in [0.5, 0.6) is 5.75 Å². The van der Waals surface area contributed by atoms with Gasteiger partial charge in [0.05, 0.1) is 42.3 Å². The Bertz CT molecular complexity index is 2020. The number of fused-ring (bicyclic) bond motifs is 1. The van der Waals surface area contributed by atoms with Crippen molar-refractivity contribution in [1.29, 1.82) is 0 Å². The second-order valence-electron chi connectivity index (χ2n) is 17.2. The van der Waals surface area contributed by atoms with Crippen molar-refractivity contribution in [2.24, 2.45) is 0 Å². The first-order valence-corrected chi connectivity index (χ1v) is 24.1. The monoisotopic (exact) mass is 850 g/mol. The quantitative estimate of drug-likeness (QED) is 0.106. The number of carbonyl (C=O) groups is 3. The maximum Gasteiger partial charge on any atom is 0.435 e. The Balaban J connectivity index is 2.08. The van der Waals surface area contributed by atoms with E-state index in [1.54, 1.807) is 74.4 Å². The number of hydrogen-bond donors (Lipinski definition) is 0. The van der Waals surface area contributed by atoms with E-state index >= 15 is 4.39 Å². The predicted octanol–water partition coefficient (Wildman–Crippen LogP) is 9.60. The molecule has 0 saturated heterocycles. The maximum atomic E-state index is 15.6. The van der Waals surface area contributed by atoms with Gasteiger partial charge in [-0.05, 0) is 117 Å². The second-order valence-corrected chi connectivity index (χ2v) is 23.8. The minimum atomic E-state index is -4.37. The number of sulfonamides is 1. The largest absolute Gasteiger partial charge is 0.492 e. The zero-order valence-corrected chi connectivity index (χ0v) is 38.5. The molecule has 2 amide bonds. The fourth-order valence-corrected chi connectivity index (χ4v) is 9.75. The molecule has 324 valence electrons. The Labute approximate surface area is 344 Å². The molecule has 0 unspecified atom stereocenters. The van der Waals surface area contributed by atoms with Gasteiger partial charge in [-0.25, -0.2) is 27.2 Å². The molecule has 0 bridgehead atoms. The summed E-state index contributed by atoms with van der Waals surface area (Å²) in [5.74, 6) is -0.561. The lowest BCUT2D eigenvalue weighted by molar-refractivity contribution is 0.0131. The first-order chi connectivity index (χ1) is 26.7. The highest BCUT2D eigenvalue weighted by molar-refractivity contribution is 7.92. The van der Waals surface area contributed by atoms with Crippen LogP contribution in [0, 0.1) is 5.82 Å². The third-order valence-electron chi connectivity index (χ3n) is 9.08. The summed E-state index contributed by atoms with van der Waals surface area (Å²) in [7, 11) is -6.85. The van der Waals surface area contributed by atoms with Crippen molar-refractivity contribution in [2.75, 3.05) is 30.3 Å². The number of aromatic nitrogens is 2. The van der Waals surface area contributed by atoms with Crippen LogP contribution in [0.1, 0.15) is 107 Å². The van der Waals surface area contributed by atoms with Gasteiger partial charge in [-0.15, -0.1) is 0 Å². The van der Waals surface area contributed by atoms with Crippen LogP contribution in [-0.2, 0) is 35.1 Å². The van der Waals surface area contributed by atoms with Crippen molar-refractivity contribution in [2.45, 2.75) is 137 Å². The first-order valence-electron chi connectivity index (χ1n) is 19.7. The first kappa shape index (κ1) is 48.1. The maximum absolute atomic E-state index is 15.6. The number of amides is 2. The smallest absolute Gasteiger partial charge is 0.435 e. The van der Waals surface area contributed by atoms with Crippen molar-refractivity contribution in [3.8, 4) is 5.75 Å². The summed E-state index contributed by atoms with van der Waals surface area (Å²) in [5.41, 5.74) is -1.67. The molecule has 3 aromatic rings. The lowest BCUT2D eigenvalue weighted by atomic mass is 10.1. The van der Waals surface area contributed by atoms with Crippen molar-refractivity contribution < 1.29 is 50.6 Å². The van der Waals surface area contributed by atoms with E-state index in [1.807, 2.05) is 33.8 Å². The summed E-state index contributed by atoms with van der Waals surface area (Å²) in [5, 5.41) is 5.26. The zero-order valence-electron chi connectivity index (χ0n) is 36.6. The minimum absolute atomic E-state index is 0.00818. The van der Waals surface area contributed by atoms with Gasteiger partial charge in [0.2, 0.25) is 10.0 Å². The van der Waals surface area contributed by atoms with Gasteiger partial charge in [-0.3, -0.25) is 0 Å². The normalized spacial score (nSPS) is 13.2. The van der Waals surface area contributed by atoms with Gasteiger partial charge in [0.15, 0.2) is 8.32 Å². The summed E-state index contributed by atoms with van der Waals surface area (Å²) in [4.78, 5) is 41.7. The Morgan fingerprint density at radius 2 is 1.40 bits per heavy atom. The Morgan fingerprint density at radius 1 is 0.828 bits per heavy atom. The molecule has 0 saturated carbocycles. The summed E-state index contributed by atoms with van der Waals surface area (Å²) < 4.78 is 73.1. The van der Waals surface area contributed by atoms with Gasteiger partial charge < -0.3 is 28.3 Å². The summed E-state index contributed by atoms with van der Waals surface area (Å²) in [6, 6.07) is 11.2. The zero-order chi connectivity index (χ0) is 44.0. The van der Waals surface area contributed by atoms with Crippen LogP contribution >= 0.6 is 0 Å². The van der Waals surface area contributed by atoms with Crippen LogP contribution in [-0.4, -0.2) is 92.5 Å². The molecule has 17 heteroatoms. The van der Waals surface area contributed by atoms with Crippen molar-refractivity contribution in [3.05, 3.63) is 53.5 Å². The van der Waals surface area contributed by atoms with Crippen LogP contribution in [0.25, 0.3) is 10.9 Å². The minimum Gasteiger partial charge on any atom is -0.492 e. The molecule has 14 nitrogen and oxygen atoms in total. The third-order valence-corrected chi connectivity index (χ3v) is 14.7. The number of halogens is 1. The highest BCUT2D eigenvalue weighted by atomic mass is 32.2. The van der Waals surface area contributed by atoms with Crippen LogP contribution in [0.4, 0.5) is 24.5 Å². The van der Waals surface area contributed by atoms with Crippen LogP contribution in [0.3, 0.4) is 0 Å². The number of carbonyl (C=O) groups excluding carboxylic acids is 3. The molecule has 2 aromatic carbocycles. The van der Waals surface area contributed by atoms with E-state index in [9.17, 15) is 22.8 Å². The highest BCUT2D eigenvalue weighted by Gasteiger charge is 2.37. The van der Waals surface area contributed by atoms with Crippen molar-refractivity contribution >= 4 is 53.2 Å². The standard InChI is InChI=1S/C41H63FN4O10SSi/c1-15-32-30-21-20-29(26-33(30)45(43-32)37(48)54-40(8,9)10)52-24-23-44(36(47)53-39(5,6)7)27-35(56-58(16-2,17-3)18-4)28-19-22-31(42)34(25-28)46(57(14,50)51)38(49)55-41(11,12)13/h19-22,25-26,35H,15-18,23-24,27H2,1-14H3/t35-/m0/s1. The molecule has 0 aliphatic rings. The molecule has 0 aliphatic carbocycles. The van der Waals surface area contributed by atoms with E-state index in [4.69, 9.17) is 23.4 Å². The molecule has 1 heterocycles. The number of anilines is 1. The van der Waals surface area contributed by atoms with Gasteiger partial charge in [0, 0.05) is 11.5 Å². The summed E-state index contributed by atoms with van der Waals surface area (Å²) >= 11 is 0. The van der Waals surface area contributed by atoms with E-state index in [2.05, 4.69) is 5.10 Å². The molecule has 0 radical (unpaired) electrons.